The minimum atomic E-state index is -0.0133. The third kappa shape index (κ3) is 4.05. The quantitative estimate of drug-likeness (QED) is 0.281. The molecule has 6 rings (SSSR count). The number of anilines is 2. The fourth-order valence-corrected chi connectivity index (χ4v) is 6.50. The average molecular weight is 470 g/mol. The average Bonchev–Trinajstić information content (AvgIpc) is 2.90. The number of hydrogen-bond donors (Lipinski definition) is 1. The molecule has 35 heavy (non-hydrogen) atoms. The number of rotatable bonds is 4. The van der Waals surface area contributed by atoms with Crippen LogP contribution in [0.3, 0.4) is 0 Å². The zero-order valence-electron chi connectivity index (χ0n) is 20.0. The van der Waals surface area contributed by atoms with Crippen LogP contribution in [0, 0.1) is 0 Å². The van der Waals surface area contributed by atoms with Gasteiger partial charge in [-0.1, -0.05) is 117 Å². The van der Waals surface area contributed by atoms with E-state index in [1.165, 1.54) is 43.2 Å². The maximum absolute atomic E-state index is 3.54. The Morgan fingerprint density at radius 2 is 1.09 bits per heavy atom. The summed E-state index contributed by atoms with van der Waals surface area (Å²) in [6.45, 7) is 4.68. The molecule has 1 N–H and O–H groups in total. The van der Waals surface area contributed by atoms with Crippen LogP contribution in [0.4, 0.5) is 11.4 Å². The minimum Gasteiger partial charge on any atom is -0.356 e. The fourth-order valence-electron chi connectivity index (χ4n) is 4.97. The Morgan fingerprint density at radius 3 is 1.80 bits per heavy atom. The summed E-state index contributed by atoms with van der Waals surface area (Å²) < 4.78 is 0. The second-order valence-electron chi connectivity index (χ2n) is 9.55. The first-order valence-corrected chi connectivity index (χ1v) is 12.8. The highest BCUT2D eigenvalue weighted by atomic mass is 32.2. The summed E-state index contributed by atoms with van der Waals surface area (Å²) in [6, 6.07) is 43.4. The van der Waals surface area contributed by atoms with Crippen molar-refractivity contribution in [1.29, 1.82) is 0 Å². The molecule has 1 heterocycles. The van der Waals surface area contributed by atoms with E-state index >= 15 is 0 Å². The Labute approximate surface area is 211 Å². The maximum atomic E-state index is 3.54. The van der Waals surface area contributed by atoms with Crippen molar-refractivity contribution in [2.75, 3.05) is 5.32 Å². The van der Waals surface area contributed by atoms with E-state index in [1.54, 1.807) is 0 Å². The highest BCUT2D eigenvalue weighted by Crippen LogP contribution is 2.51. The number of benzene rings is 5. The lowest BCUT2D eigenvalue weighted by molar-refractivity contribution is 0.608. The predicted molar refractivity (Wildman–Crippen MR) is 150 cm³/mol. The van der Waals surface area contributed by atoms with Gasteiger partial charge in [-0.2, -0.15) is 0 Å². The van der Waals surface area contributed by atoms with E-state index in [4.69, 9.17) is 0 Å². The van der Waals surface area contributed by atoms with Gasteiger partial charge in [-0.05, 0) is 63.7 Å². The summed E-state index contributed by atoms with van der Waals surface area (Å²) in [5.41, 5.74) is 9.98. The van der Waals surface area contributed by atoms with Crippen LogP contribution in [0.15, 0.2) is 131 Å². The van der Waals surface area contributed by atoms with Gasteiger partial charge in [-0.3, -0.25) is 0 Å². The van der Waals surface area contributed by atoms with Crippen molar-refractivity contribution in [3.8, 4) is 22.3 Å². The molecule has 1 nitrogen and oxygen atoms in total. The lowest BCUT2D eigenvalue weighted by Gasteiger charge is -2.35. The summed E-state index contributed by atoms with van der Waals surface area (Å²) in [5.74, 6) is 0. The summed E-state index contributed by atoms with van der Waals surface area (Å²) in [7, 11) is 0. The third-order valence-electron chi connectivity index (χ3n) is 6.94. The van der Waals surface area contributed by atoms with E-state index in [9.17, 15) is 0 Å². The Balaban J connectivity index is 1.26. The summed E-state index contributed by atoms with van der Waals surface area (Å²) in [6.07, 6.45) is 0. The van der Waals surface area contributed by atoms with Crippen LogP contribution in [0.1, 0.15) is 25.0 Å². The second-order valence-corrected chi connectivity index (χ2v) is 10.6. The van der Waals surface area contributed by atoms with Crippen LogP contribution in [-0.2, 0) is 5.41 Å². The van der Waals surface area contributed by atoms with E-state index in [2.05, 4.69) is 134 Å². The van der Waals surface area contributed by atoms with Gasteiger partial charge in [-0.25, -0.2) is 0 Å². The van der Waals surface area contributed by atoms with Gasteiger partial charge in [0, 0.05) is 26.6 Å². The number of fused-ring (bicyclic) bond motifs is 2. The summed E-state index contributed by atoms with van der Waals surface area (Å²) in [5, 5.41) is 3.54. The first-order valence-electron chi connectivity index (χ1n) is 12.0. The molecule has 1 aliphatic heterocycles. The van der Waals surface area contributed by atoms with Gasteiger partial charge in [0.2, 0.25) is 0 Å². The monoisotopic (exact) mass is 469 g/mol. The first-order chi connectivity index (χ1) is 17.1. The molecule has 5 aromatic carbocycles. The van der Waals surface area contributed by atoms with E-state index < -0.39 is 0 Å². The molecule has 0 atom stereocenters. The Morgan fingerprint density at radius 1 is 0.514 bits per heavy atom. The van der Waals surface area contributed by atoms with Gasteiger partial charge in [-0.15, -0.1) is 0 Å². The Bertz CT molecular complexity index is 1480. The smallest absolute Gasteiger partial charge is 0.0384 e. The zero-order valence-corrected chi connectivity index (χ0v) is 20.8. The van der Waals surface area contributed by atoms with Crippen molar-refractivity contribution >= 4 is 23.1 Å². The topological polar surface area (TPSA) is 12.0 Å². The molecule has 5 aromatic rings. The van der Waals surface area contributed by atoms with Gasteiger partial charge < -0.3 is 5.32 Å². The van der Waals surface area contributed by atoms with Gasteiger partial charge in [0.05, 0.1) is 0 Å². The van der Waals surface area contributed by atoms with E-state index in [1.807, 2.05) is 17.8 Å². The van der Waals surface area contributed by atoms with Crippen molar-refractivity contribution in [3.63, 3.8) is 0 Å². The number of nitrogens with one attached hydrogen (secondary N) is 1. The molecule has 170 valence electrons. The normalized spacial score (nSPS) is 13.5. The molecular formula is C33H27NS. The minimum absolute atomic E-state index is 0.0133. The summed E-state index contributed by atoms with van der Waals surface area (Å²) >= 11 is 1.90. The van der Waals surface area contributed by atoms with Gasteiger partial charge >= 0.3 is 0 Å². The van der Waals surface area contributed by atoms with Crippen LogP contribution in [0.5, 0.6) is 0 Å². The molecule has 0 radical (unpaired) electrons. The molecule has 1 aliphatic rings. The van der Waals surface area contributed by atoms with E-state index in [-0.39, 0.29) is 5.41 Å². The molecule has 0 fully saturated rings. The Hall–Kier alpha value is -3.75. The molecular weight excluding hydrogens is 442 g/mol. The van der Waals surface area contributed by atoms with E-state index in [0.717, 1.165) is 11.4 Å². The maximum Gasteiger partial charge on any atom is 0.0384 e. The molecule has 0 unspecified atom stereocenters. The number of hydrogen-bond acceptors (Lipinski definition) is 2. The largest absolute Gasteiger partial charge is 0.356 e. The highest BCUT2D eigenvalue weighted by molar-refractivity contribution is 7.99. The van der Waals surface area contributed by atoms with Crippen molar-refractivity contribution in [3.05, 3.63) is 132 Å². The molecule has 0 aromatic heterocycles. The molecule has 0 bridgehead atoms. The van der Waals surface area contributed by atoms with Crippen LogP contribution in [-0.4, -0.2) is 0 Å². The standard InChI is InChI=1S/C33H27NS/c1-33(2)29-12-6-7-14-31(29)35-32-28(11-8-13-30(32)33)25-17-21-27(22-18-25)34-26-19-15-24(16-20-26)23-9-4-3-5-10-23/h3-22,34H,1-2H3. The predicted octanol–water partition coefficient (Wildman–Crippen LogP) is 9.55. The lowest BCUT2D eigenvalue weighted by Crippen LogP contribution is -2.23. The molecule has 0 saturated carbocycles. The van der Waals surface area contributed by atoms with Crippen molar-refractivity contribution < 1.29 is 0 Å². The Kier molecular flexibility index (Phi) is 5.47. The molecule has 2 heteroatoms. The fraction of sp³-hybridized carbons (Fsp3) is 0.0909. The van der Waals surface area contributed by atoms with Crippen molar-refractivity contribution in [2.24, 2.45) is 0 Å². The molecule has 0 spiro atoms. The molecule has 0 aliphatic carbocycles. The van der Waals surface area contributed by atoms with E-state index in [0.29, 0.717) is 0 Å². The van der Waals surface area contributed by atoms with Gasteiger partial charge in [0.15, 0.2) is 0 Å². The highest BCUT2D eigenvalue weighted by Gasteiger charge is 2.33. The van der Waals surface area contributed by atoms with Crippen molar-refractivity contribution in [1.82, 2.24) is 0 Å². The van der Waals surface area contributed by atoms with Crippen molar-refractivity contribution in [2.45, 2.75) is 29.1 Å². The molecule has 0 amide bonds. The molecule has 0 saturated heterocycles. The third-order valence-corrected chi connectivity index (χ3v) is 8.16. The van der Waals surface area contributed by atoms with Crippen LogP contribution >= 0.6 is 11.8 Å². The summed E-state index contributed by atoms with van der Waals surface area (Å²) in [4.78, 5) is 2.73. The van der Waals surface area contributed by atoms with Crippen LogP contribution in [0.2, 0.25) is 0 Å². The zero-order chi connectivity index (χ0) is 23.8. The second kappa shape index (κ2) is 8.79. The van der Waals surface area contributed by atoms with Crippen LogP contribution < -0.4 is 5.32 Å². The lowest BCUT2D eigenvalue weighted by atomic mass is 9.77. The first kappa shape index (κ1) is 21.8. The SMILES string of the molecule is CC1(C)c2ccccc2Sc2c(-c3ccc(Nc4ccc(-c5ccccc5)cc4)cc3)cccc21. The van der Waals surface area contributed by atoms with Gasteiger partial charge in [0.25, 0.3) is 0 Å². The van der Waals surface area contributed by atoms with Crippen LogP contribution in [0.25, 0.3) is 22.3 Å². The van der Waals surface area contributed by atoms with Gasteiger partial charge in [0.1, 0.15) is 0 Å².